The Bertz CT molecular complexity index is 1820. The summed E-state index contributed by atoms with van der Waals surface area (Å²) < 4.78 is 11.0. The number of aliphatic imine (C=N–C) groups is 1. The number of alkyl carbamates (subject to hydrolysis) is 1. The number of guanidine groups is 1. The third-order valence-corrected chi connectivity index (χ3v) is 8.55. The highest BCUT2D eigenvalue weighted by Gasteiger charge is 2.30. The molecule has 0 saturated carbocycles. The van der Waals surface area contributed by atoms with Crippen LogP contribution in [0.1, 0.15) is 42.4 Å². The van der Waals surface area contributed by atoms with Crippen molar-refractivity contribution >= 4 is 29.8 Å². The number of rotatable bonds is 21. The average Bonchev–Trinajstić information content (AvgIpc) is 3.19. The van der Waals surface area contributed by atoms with E-state index in [9.17, 15) is 24.3 Å². The first kappa shape index (κ1) is 41.5. The standard InChI is InChI=1S/C41H49N7O7/c42-37(50)33(17-10-24-45-40(43)44)46-39(52)35(25-28-18-20-32(21-19-28)31-15-8-3-9-16-31)47-38(51)34(48-41(53)55-27-30-13-6-2-7-14-30)22-23-36(49)54-26-29-11-4-1-5-12-29/h1-9,11-16,18-21,33-36,49H,10,17,22-27H2,(H2,42,50)(H,46,52)(H,47,51)(H,48,53)(H4,43,44,45). The lowest BCUT2D eigenvalue weighted by Crippen LogP contribution is -2.57. The van der Waals surface area contributed by atoms with Crippen molar-refractivity contribution in [3.05, 3.63) is 132 Å². The van der Waals surface area contributed by atoms with Crippen molar-refractivity contribution in [1.82, 2.24) is 16.0 Å². The number of primary amides is 1. The molecule has 4 unspecified atom stereocenters. The van der Waals surface area contributed by atoms with Gasteiger partial charge >= 0.3 is 6.09 Å². The first-order valence-electron chi connectivity index (χ1n) is 18.0. The molecule has 0 aromatic heterocycles. The summed E-state index contributed by atoms with van der Waals surface area (Å²) in [6, 6.07) is 31.9. The molecule has 0 radical (unpaired) electrons. The number of ether oxygens (including phenoxy) is 2. The van der Waals surface area contributed by atoms with E-state index in [1.54, 1.807) is 24.3 Å². The van der Waals surface area contributed by atoms with Crippen LogP contribution in [0.2, 0.25) is 0 Å². The first-order valence-corrected chi connectivity index (χ1v) is 18.0. The van der Waals surface area contributed by atoms with Gasteiger partial charge in [0.2, 0.25) is 17.7 Å². The molecular formula is C41H49N7O7. The van der Waals surface area contributed by atoms with Gasteiger partial charge in [0.25, 0.3) is 0 Å². The lowest BCUT2D eigenvalue weighted by atomic mass is 9.99. The van der Waals surface area contributed by atoms with Crippen LogP contribution in [0, 0.1) is 0 Å². The molecule has 14 nitrogen and oxygen atoms in total. The quantitative estimate of drug-likeness (QED) is 0.0287. The maximum absolute atomic E-state index is 14.0. The number of carbonyl (C=O) groups is 4. The van der Waals surface area contributed by atoms with Crippen LogP contribution in [0.3, 0.4) is 0 Å². The van der Waals surface area contributed by atoms with Gasteiger partial charge in [-0.05, 0) is 47.1 Å². The van der Waals surface area contributed by atoms with Gasteiger partial charge in [0.1, 0.15) is 24.7 Å². The smallest absolute Gasteiger partial charge is 0.408 e. The van der Waals surface area contributed by atoms with E-state index in [0.29, 0.717) is 12.0 Å². The molecule has 4 aromatic carbocycles. The van der Waals surface area contributed by atoms with E-state index in [0.717, 1.165) is 22.3 Å². The zero-order chi connectivity index (χ0) is 39.4. The zero-order valence-electron chi connectivity index (χ0n) is 30.5. The Kier molecular flexibility index (Phi) is 16.7. The van der Waals surface area contributed by atoms with E-state index in [4.69, 9.17) is 26.7 Å². The zero-order valence-corrected chi connectivity index (χ0v) is 30.5. The van der Waals surface area contributed by atoms with Gasteiger partial charge < -0.3 is 47.7 Å². The topological polar surface area (TPSA) is 233 Å². The number of amides is 4. The second-order valence-electron chi connectivity index (χ2n) is 12.8. The summed E-state index contributed by atoms with van der Waals surface area (Å²) in [5.41, 5.74) is 20.7. The molecule has 4 atom stereocenters. The summed E-state index contributed by atoms with van der Waals surface area (Å²) in [6.07, 6.45) is -1.75. The van der Waals surface area contributed by atoms with Crippen LogP contribution in [0.4, 0.5) is 4.79 Å². The predicted octanol–water partition coefficient (Wildman–Crippen LogP) is 3.02. The van der Waals surface area contributed by atoms with E-state index in [1.807, 2.05) is 91.0 Å². The minimum atomic E-state index is -1.27. The fourth-order valence-electron chi connectivity index (χ4n) is 5.58. The van der Waals surface area contributed by atoms with Crippen molar-refractivity contribution in [3.63, 3.8) is 0 Å². The molecule has 0 saturated heterocycles. The van der Waals surface area contributed by atoms with Crippen LogP contribution in [-0.2, 0) is 43.5 Å². The molecule has 0 aliphatic heterocycles. The van der Waals surface area contributed by atoms with Crippen LogP contribution in [0.5, 0.6) is 0 Å². The number of aliphatic hydroxyl groups is 1. The number of nitrogens with two attached hydrogens (primary N) is 3. The molecule has 4 aromatic rings. The van der Waals surface area contributed by atoms with E-state index in [2.05, 4.69) is 20.9 Å². The fourth-order valence-corrected chi connectivity index (χ4v) is 5.58. The molecule has 290 valence electrons. The maximum Gasteiger partial charge on any atom is 0.408 e. The summed E-state index contributed by atoms with van der Waals surface area (Å²) >= 11 is 0. The highest BCUT2D eigenvalue weighted by Crippen LogP contribution is 2.20. The van der Waals surface area contributed by atoms with Crippen LogP contribution in [0.25, 0.3) is 11.1 Å². The van der Waals surface area contributed by atoms with E-state index in [1.165, 1.54) is 0 Å². The summed E-state index contributed by atoms with van der Waals surface area (Å²) in [5, 5.41) is 18.6. The molecule has 0 aliphatic rings. The Morgan fingerprint density at radius 3 is 1.75 bits per heavy atom. The van der Waals surface area contributed by atoms with E-state index in [-0.39, 0.29) is 51.4 Å². The Hall–Kier alpha value is -6.25. The molecule has 0 bridgehead atoms. The van der Waals surface area contributed by atoms with Crippen LogP contribution >= 0.6 is 0 Å². The van der Waals surface area contributed by atoms with Gasteiger partial charge in [0.05, 0.1) is 6.61 Å². The third-order valence-electron chi connectivity index (χ3n) is 8.55. The second-order valence-corrected chi connectivity index (χ2v) is 12.8. The molecule has 14 heteroatoms. The Labute approximate surface area is 320 Å². The van der Waals surface area contributed by atoms with Gasteiger partial charge in [-0.1, -0.05) is 115 Å². The molecule has 0 heterocycles. The van der Waals surface area contributed by atoms with Crippen LogP contribution < -0.4 is 33.2 Å². The number of benzene rings is 4. The number of aliphatic hydroxyl groups excluding tert-OH is 1. The number of nitrogens with one attached hydrogen (secondary N) is 3. The highest BCUT2D eigenvalue weighted by molar-refractivity contribution is 5.93. The van der Waals surface area contributed by atoms with Gasteiger partial charge in [0, 0.05) is 19.4 Å². The van der Waals surface area contributed by atoms with Gasteiger partial charge in [-0.2, -0.15) is 0 Å². The molecule has 4 amide bonds. The summed E-state index contributed by atoms with van der Waals surface area (Å²) in [4.78, 5) is 57.1. The first-order chi connectivity index (χ1) is 26.6. The number of carbonyl (C=O) groups excluding carboxylic acids is 4. The summed E-state index contributed by atoms with van der Waals surface area (Å²) in [6.45, 7) is 0.291. The lowest BCUT2D eigenvalue weighted by Gasteiger charge is -2.25. The van der Waals surface area contributed by atoms with Crippen molar-refractivity contribution in [1.29, 1.82) is 0 Å². The maximum atomic E-state index is 14.0. The van der Waals surface area contributed by atoms with Crippen LogP contribution in [-0.4, -0.2) is 65.8 Å². The molecular weight excluding hydrogens is 702 g/mol. The van der Waals surface area contributed by atoms with Gasteiger partial charge in [-0.3, -0.25) is 19.4 Å². The minimum absolute atomic E-state index is 0.0279. The largest absolute Gasteiger partial charge is 0.445 e. The van der Waals surface area contributed by atoms with Gasteiger partial charge in [-0.15, -0.1) is 0 Å². The van der Waals surface area contributed by atoms with Crippen molar-refractivity contribution in [2.45, 2.75) is 69.7 Å². The second kappa shape index (κ2) is 22.1. The van der Waals surface area contributed by atoms with Gasteiger partial charge in [-0.25, -0.2) is 4.79 Å². The van der Waals surface area contributed by atoms with E-state index >= 15 is 0 Å². The Morgan fingerprint density at radius 2 is 1.15 bits per heavy atom. The molecule has 4 rings (SSSR count). The van der Waals surface area contributed by atoms with Crippen LogP contribution in [0.15, 0.2) is 120 Å². The Morgan fingerprint density at radius 1 is 0.600 bits per heavy atom. The minimum Gasteiger partial charge on any atom is -0.445 e. The fraction of sp³-hybridized carbons (Fsp3) is 0.293. The molecule has 0 fully saturated rings. The van der Waals surface area contributed by atoms with E-state index < -0.39 is 48.2 Å². The summed E-state index contributed by atoms with van der Waals surface area (Å²) in [5.74, 6) is -2.29. The van der Waals surface area contributed by atoms with Gasteiger partial charge in [0.15, 0.2) is 12.2 Å². The highest BCUT2D eigenvalue weighted by atomic mass is 16.6. The number of nitrogens with zero attached hydrogens (tertiary/aromatic N) is 1. The Balaban J connectivity index is 1.51. The summed E-state index contributed by atoms with van der Waals surface area (Å²) in [7, 11) is 0. The number of hydrogen-bond donors (Lipinski definition) is 7. The molecule has 55 heavy (non-hydrogen) atoms. The number of hydrogen-bond acceptors (Lipinski definition) is 8. The monoisotopic (exact) mass is 751 g/mol. The molecule has 10 N–H and O–H groups in total. The predicted molar refractivity (Wildman–Crippen MR) is 209 cm³/mol. The lowest BCUT2D eigenvalue weighted by molar-refractivity contribution is -0.133. The van der Waals surface area contributed by atoms with Crippen molar-refractivity contribution < 1.29 is 33.8 Å². The van der Waals surface area contributed by atoms with Crippen molar-refractivity contribution in [2.24, 2.45) is 22.2 Å². The SMILES string of the molecule is NC(=O)C(CCCN=C(N)N)NC(=O)C(Cc1ccc(-c2ccccc2)cc1)NC(=O)C(CCC(O)OCc1ccccc1)NC(=O)OCc1ccccc1. The van der Waals surface area contributed by atoms with Crippen molar-refractivity contribution in [2.75, 3.05) is 6.54 Å². The normalized spacial score (nSPS) is 13.0. The average molecular weight is 752 g/mol. The third kappa shape index (κ3) is 15.0. The van der Waals surface area contributed by atoms with Crippen molar-refractivity contribution in [3.8, 4) is 11.1 Å². The molecule has 0 spiro atoms. The molecule has 0 aliphatic carbocycles.